The second-order valence-corrected chi connectivity index (χ2v) is 5.40. The van der Waals surface area contributed by atoms with Gasteiger partial charge < -0.3 is 9.47 Å². The Morgan fingerprint density at radius 1 is 1.41 bits per heavy atom. The van der Waals surface area contributed by atoms with Crippen molar-refractivity contribution in [2.45, 2.75) is 11.9 Å². The van der Waals surface area contributed by atoms with E-state index in [9.17, 15) is 9.00 Å². The normalized spacial score (nSPS) is 24.2. The summed E-state index contributed by atoms with van der Waals surface area (Å²) in [6.45, 7) is 0.639. The smallest absolute Gasteiger partial charge is 0.338 e. The second-order valence-electron chi connectivity index (χ2n) is 3.70. The zero-order valence-corrected chi connectivity index (χ0v) is 10.2. The Labute approximate surface area is 102 Å². The maximum atomic E-state index is 11.6. The van der Waals surface area contributed by atoms with Crippen LogP contribution < -0.4 is 0 Å². The summed E-state index contributed by atoms with van der Waals surface area (Å²) in [6.07, 6.45) is 0.801. The molecule has 2 rings (SSSR count). The van der Waals surface area contributed by atoms with Gasteiger partial charge in [0, 0.05) is 12.4 Å². The third-order valence-corrected chi connectivity index (χ3v) is 4.00. The Morgan fingerprint density at radius 3 is 2.88 bits per heavy atom. The molecule has 1 aromatic carbocycles. The van der Waals surface area contributed by atoms with Crippen LogP contribution in [0.3, 0.4) is 0 Å². The maximum Gasteiger partial charge on any atom is 0.338 e. The molecule has 1 aliphatic rings. The van der Waals surface area contributed by atoms with Gasteiger partial charge in [-0.1, -0.05) is 18.2 Å². The van der Waals surface area contributed by atoms with Gasteiger partial charge in [-0.2, -0.15) is 0 Å². The van der Waals surface area contributed by atoms with Crippen LogP contribution in [0.5, 0.6) is 0 Å². The van der Waals surface area contributed by atoms with Crippen molar-refractivity contribution in [2.24, 2.45) is 0 Å². The molecule has 1 fully saturated rings. The van der Waals surface area contributed by atoms with Gasteiger partial charge in [-0.15, -0.1) is 0 Å². The molecule has 1 saturated heterocycles. The molecule has 17 heavy (non-hydrogen) atoms. The van der Waals surface area contributed by atoms with Gasteiger partial charge in [0.15, 0.2) is 5.44 Å². The van der Waals surface area contributed by atoms with E-state index in [2.05, 4.69) is 0 Å². The lowest BCUT2D eigenvalue weighted by Gasteiger charge is -2.21. The quantitative estimate of drug-likeness (QED) is 0.764. The average Bonchev–Trinajstić information content (AvgIpc) is 2.38. The highest BCUT2D eigenvalue weighted by atomic mass is 32.2. The first-order valence-corrected chi connectivity index (χ1v) is 6.86. The van der Waals surface area contributed by atoms with Crippen LogP contribution in [0.1, 0.15) is 16.8 Å². The molecular weight excluding hydrogens is 240 g/mol. The molecule has 1 aliphatic heterocycles. The number of rotatable bonds is 3. The van der Waals surface area contributed by atoms with Gasteiger partial charge in [0.2, 0.25) is 0 Å². The molecule has 0 radical (unpaired) electrons. The zero-order valence-electron chi connectivity index (χ0n) is 9.33. The van der Waals surface area contributed by atoms with E-state index in [1.54, 1.807) is 24.3 Å². The predicted octanol–water partition coefficient (Wildman–Crippen LogP) is 1.34. The van der Waals surface area contributed by atoms with Gasteiger partial charge in [-0.05, 0) is 18.6 Å². The van der Waals surface area contributed by atoms with E-state index < -0.39 is 22.2 Å². The minimum Gasteiger partial charge on any atom is -0.458 e. The first-order valence-electron chi connectivity index (χ1n) is 5.48. The van der Waals surface area contributed by atoms with Crippen molar-refractivity contribution in [2.75, 3.05) is 19.0 Å². The molecule has 0 amide bonds. The van der Waals surface area contributed by atoms with Crippen LogP contribution in [0.2, 0.25) is 0 Å². The lowest BCUT2D eigenvalue weighted by Crippen LogP contribution is -2.32. The Morgan fingerprint density at radius 2 is 2.18 bits per heavy atom. The van der Waals surface area contributed by atoms with Crippen molar-refractivity contribution >= 4 is 16.8 Å². The Balaban J connectivity index is 1.86. The molecule has 0 N–H and O–H groups in total. The summed E-state index contributed by atoms with van der Waals surface area (Å²) < 4.78 is 21.9. The summed E-state index contributed by atoms with van der Waals surface area (Å²) in [4.78, 5) is 11.6. The fraction of sp³-hybridized carbons (Fsp3) is 0.417. The Hall–Kier alpha value is -1.20. The molecule has 2 atom stereocenters. The lowest BCUT2D eigenvalue weighted by molar-refractivity contribution is 0.0191. The van der Waals surface area contributed by atoms with E-state index in [1.807, 2.05) is 6.07 Å². The fourth-order valence-corrected chi connectivity index (χ4v) is 2.68. The van der Waals surface area contributed by atoms with Crippen molar-refractivity contribution in [3.05, 3.63) is 35.9 Å². The van der Waals surface area contributed by atoms with Crippen molar-refractivity contribution < 1.29 is 18.5 Å². The van der Waals surface area contributed by atoms with Crippen LogP contribution in [0.15, 0.2) is 30.3 Å². The minimum atomic E-state index is -1.05. The fourth-order valence-electron chi connectivity index (χ4n) is 1.55. The topological polar surface area (TPSA) is 52.6 Å². The molecule has 0 aliphatic carbocycles. The lowest BCUT2D eigenvalue weighted by atomic mass is 10.2. The molecule has 92 valence electrons. The summed E-state index contributed by atoms with van der Waals surface area (Å²) in [5.74, 6) is 0.213. The van der Waals surface area contributed by atoms with Crippen LogP contribution in [0.4, 0.5) is 0 Å². The van der Waals surface area contributed by atoms with Gasteiger partial charge in [0.05, 0.1) is 16.4 Å². The Bertz CT molecular complexity index is 404. The molecule has 4 nitrogen and oxygen atoms in total. The molecule has 0 bridgehead atoms. The molecule has 1 aromatic rings. The number of benzene rings is 1. The first kappa shape index (κ1) is 12.3. The van der Waals surface area contributed by atoms with E-state index in [0.29, 0.717) is 17.9 Å². The van der Waals surface area contributed by atoms with Crippen LogP contribution in [-0.4, -0.2) is 34.6 Å². The highest BCUT2D eigenvalue weighted by Gasteiger charge is 2.23. The summed E-state index contributed by atoms with van der Waals surface area (Å²) in [5.41, 5.74) is 0.0190. The highest BCUT2D eigenvalue weighted by molar-refractivity contribution is 7.85. The molecule has 5 heteroatoms. The molecule has 0 aromatic heterocycles. The molecule has 0 saturated carbocycles. The number of hydrogen-bond acceptors (Lipinski definition) is 4. The molecule has 0 spiro atoms. The third-order valence-electron chi connectivity index (χ3n) is 2.45. The van der Waals surface area contributed by atoms with Crippen LogP contribution in [0.25, 0.3) is 0 Å². The number of hydrogen-bond donors (Lipinski definition) is 0. The van der Waals surface area contributed by atoms with Gasteiger partial charge in [0.1, 0.15) is 6.61 Å². The van der Waals surface area contributed by atoms with Crippen LogP contribution in [-0.2, 0) is 20.3 Å². The van der Waals surface area contributed by atoms with Gasteiger partial charge in [0.25, 0.3) is 0 Å². The van der Waals surface area contributed by atoms with Crippen molar-refractivity contribution in [3.63, 3.8) is 0 Å². The Kier molecular flexibility index (Phi) is 4.28. The summed E-state index contributed by atoms with van der Waals surface area (Å²) in [6, 6.07) is 8.73. The zero-order chi connectivity index (χ0) is 12.1. The van der Waals surface area contributed by atoms with E-state index in [0.717, 1.165) is 6.42 Å². The number of esters is 1. The molecular formula is C12H14O4S. The second kappa shape index (κ2) is 5.93. The van der Waals surface area contributed by atoms with Crippen molar-refractivity contribution in [1.29, 1.82) is 0 Å². The largest absolute Gasteiger partial charge is 0.458 e. The summed E-state index contributed by atoms with van der Waals surface area (Å²) >= 11 is 0. The van der Waals surface area contributed by atoms with Gasteiger partial charge >= 0.3 is 5.97 Å². The maximum absolute atomic E-state index is 11.6. The highest BCUT2D eigenvalue weighted by Crippen LogP contribution is 2.10. The van der Waals surface area contributed by atoms with Crippen molar-refractivity contribution in [3.8, 4) is 0 Å². The standard InChI is InChI=1S/C12H14O4S/c13-12(10-5-2-1-3-6-10)16-9-11-15-7-4-8-17(11)14/h1-3,5-6,11H,4,7-9H2/t11-,17-/m1/s1. The third kappa shape index (κ3) is 3.38. The SMILES string of the molecule is O=C(OC[C@@H]1OCCC[S@]1=O)c1ccccc1. The van der Waals surface area contributed by atoms with E-state index >= 15 is 0 Å². The van der Waals surface area contributed by atoms with E-state index in [-0.39, 0.29) is 6.61 Å². The van der Waals surface area contributed by atoms with E-state index in [4.69, 9.17) is 9.47 Å². The van der Waals surface area contributed by atoms with Crippen LogP contribution in [0, 0.1) is 0 Å². The van der Waals surface area contributed by atoms with Gasteiger partial charge in [-0.25, -0.2) is 4.79 Å². The number of ether oxygens (including phenoxy) is 2. The predicted molar refractivity (Wildman–Crippen MR) is 64.1 cm³/mol. The first-order chi connectivity index (χ1) is 8.27. The van der Waals surface area contributed by atoms with Crippen molar-refractivity contribution in [1.82, 2.24) is 0 Å². The summed E-state index contributed by atoms with van der Waals surface area (Å²) in [5, 5.41) is 0. The number of carbonyl (C=O) groups is 1. The number of carbonyl (C=O) groups excluding carboxylic acids is 1. The molecule has 0 unspecified atom stereocenters. The monoisotopic (exact) mass is 254 g/mol. The average molecular weight is 254 g/mol. The minimum absolute atomic E-state index is 0.0559. The molecule has 1 heterocycles. The summed E-state index contributed by atoms with van der Waals surface area (Å²) in [7, 11) is -1.05. The van der Waals surface area contributed by atoms with Crippen LogP contribution >= 0.6 is 0 Å². The van der Waals surface area contributed by atoms with Gasteiger partial charge in [-0.3, -0.25) is 4.21 Å². The van der Waals surface area contributed by atoms with E-state index in [1.165, 1.54) is 0 Å².